The fraction of sp³-hybridized carbons (Fsp3) is 0.182. The fourth-order valence-corrected chi connectivity index (χ4v) is 2.42. The molecule has 1 aromatic carbocycles. The molecule has 0 spiro atoms. The van der Waals surface area contributed by atoms with Crippen molar-refractivity contribution in [1.29, 1.82) is 0 Å². The second kappa shape index (κ2) is 3.42. The van der Waals surface area contributed by atoms with Crippen LogP contribution in [-0.4, -0.2) is 13.4 Å². The molecule has 0 atom stereocenters. The Bertz CT molecular complexity index is 485. The number of benzene rings is 1. The Hall–Kier alpha value is -1.35. The van der Waals surface area contributed by atoms with Crippen LogP contribution in [0.3, 0.4) is 0 Å². The third-order valence-electron chi connectivity index (χ3n) is 2.15. The number of carbonyl (C=O) groups is 1. The van der Waals surface area contributed by atoms with Gasteiger partial charge in [0.05, 0.1) is 12.0 Å². The Balaban J connectivity index is 2.73. The highest BCUT2D eigenvalue weighted by atomic mass is 32.1. The molecule has 0 saturated heterocycles. The summed E-state index contributed by atoms with van der Waals surface area (Å²) in [7, 11) is 1.65. The average Bonchev–Trinajstić information content (AvgIpc) is 2.61. The summed E-state index contributed by atoms with van der Waals surface area (Å²) in [5.41, 5.74) is 1.15. The van der Waals surface area contributed by atoms with Gasteiger partial charge in [0.2, 0.25) is 0 Å². The second-order valence-electron chi connectivity index (χ2n) is 3.13. The molecule has 0 amide bonds. The predicted octanol–water partition coefficient (Wildman–Crippen LogP) is 3.03. The van der Waals surface area contributed by atoms with Crippen molar-refractivity contribution in [2.75, 3.05) is 7.11 Å². The highest BCUT2D eigenvalue weighted by Crippen LogP contribution is 2.31. The summed E-state index contributed by atoms with van der Waals surface area (Å²) in [6, 6.07) is 5.82. The molecule has 0 N–H and O–H groups in total. The van der Waals surface area contributed by atoms with Gasteiger partial charge in [-0.1, -0.05) is 0 Å². The number of rotatable bonds is 2. The monoisotopic (exact) mass is 206 g/mol. The first-order valence-electron chi connectivity index (χ1n) is 4.28. The first-order chi connectivity index (χ1) is 6.74. The van der Waals surface area contributed by atoms with Gasteiger partial charge in [0.1, 0.15) is 5.75 Å². The highest BCUT2D eigenvalue weighted by molar-refractivity contribution is 7.20. The molecule has 0 fully saturated rings. The van der Waals surface area contributed by atoms with Gasteiger partial charge in [0, 0.05) is 4.70 Å². The van der Waals surface area contributed by atoms with E-state index in [-0.39, 0.29) is 0 Å². The summed E-state index contributed by atoms with van der Waals surface area (Å²) >= 11 is 1.52. The number of thiophene rings is 1. The summed E-state index contributed by atoms with van der Waals surface area (Å²) in [5.74, 6) is 0.838. The van der Waals surface area contributed by atoms with E-state index in [9.17, 15) is 4.79 Å². The van der Waals surface area contributed by atoms with Gasteiger partial charge in [-0.25, -0.2) is 0 Å². The summed E-state index contributed by atoms with van der Waals surface area (Å²) < 4.78 is 6.32. The first kappa shape index (κ1) is 9.21. The molecular weight excluding hydrogens is 196 g/mol. The van der Waals surface area contributed by atoms with E-state index in [2.05, 4.69) is 0 Å². The van der Waals surface area contributed by atoms with Crippen molar-refractivity contribution in [3.8, 4) is 5.75 Å². The van der Waals surface area contributed by atoms with Crippen LogP contribution >= 0.6 is 11.3 Å². The smallest absolute Gasteiger partial charge is 0.160 e. The Morgan fingerprint density at radius 3 is 2.79 bits per heavy atom. The van der Waals surface area contributed by atoms with Crippen LogP contribution in [-0.2, 0) is 0 Å². The lowest BCUT2D eigenvalue weighted by Gasteiger charge is -2.01. The molecular formula is C11H10O2S. The van der Waals surface area contributed by atoms with Crippen LogP contribution in [0.5, 0.6) is 5.75 Å². The van der Waals surface area contributed by atoms with Crippen molar-refractivity contribution in [3.63, 3.8) is 0 Å². The van der Waals surface area contributed by atoms with Crippen molar-refractivity contribution in [2.24, 2.45) is 0 Å². The van der Waals surface area contributed by atoms with E-state index in [1.165, 1.54) is 11.3 Å². The molecule has 0 aliphatic heterocycles. The maximum absolute atomic E-state index is 10.6. The molecule has 72 valence electrons. The number of ether oxygens (including phenoxy) is 1. The lowest BCUT2D eigenvalue weighted by molar-refractivity contribution is 0.112. The van der Waals surface area contributed by atoms with Crippen molar-refractivity contribution >= 4 is 27.7 Å². The Morgan fingerprint density at radius 1 is 1.36 bits per heavy atom. The lowest BCUT2D eigenvalue weighted by atomic mass is 10.2. The summed E-state index contributed by atoms with van der Waals surface area (Å²) in [5, 5.41) is 1.08. The van der Waals surface area contributed by atoms with Crippen LogP contribution < -0.4 is 4.74 Å². The van der Waals surface area contributed by atoms with E-state index >= 15 is 0 Å². The molecule has 0 unspecified atom stereocenters. The molecule has 1 aromatic heterocycles. The van der Waals surface area contributed by atoms with Gasteiger partial charge in [-0.05, 0) is 36.1 Å². The van der Waals surface area contributed by atoms with Crippen molar-refractivity contribution in [2.45, 2.75) is 6.92 Å². The molecule has 0 saturated carbocycles. The van der Waals surface area contributed by atoms with Crippen molar-refractivity contribution < 1.29 is 9.53 Å². The molecule has 1 heterocycles. The van der Waals surface area contributed by atoms with Gasteiger partial charge in [-0.15, -0.1) is 11.3 Å². The summed E-state index contributed by atoms with van der Waals surface area (Å²) in [6.07, 6.45) is 0.885. The van der Waals surface area contributed by atoms with Gasteiger partial charge in [-0.3, -0.25) is 4.79 Å². The minimum atomic E-state index is 0.761. The molecule has 14 heavy (non-hydrogen) atoms. The van der Waals surface area contributed by atoms with Gasteiger partial charge < -0.3 is 4.74 Å². The number of aldehydes is 1. The number of carbonyl (C=O) groups excluding carboxylic acids is 1. The summed E-state index contributed by atoms with van der Waals surface area (Å²) in [6.45, 7) is 2.02. The summed E-state index contributed by atoms with van der Waals surface area (Å²) in [4.78, 5) is 11.4. The van der Waals surface area contributed by atoms with Crippen LogP contribution in [0.15, 0.2) is 18.2 Å². The third-order valence-corrected chi connectivity index (χ3v) is 3.36. The average molecular weight is 206 g/mol. The molecule has 2 nitrogen and oxygen atoms in total. The van der Waals surface area contributed by atoms with Gasteiger partial charge in [0.25, 0.3) is 0 Å². The van der Waals surface area contributed by atoms with Gasteiger partial charge >= 0.3 is 0 Å². The van der Waals surface area contributed by atoms with E-state index in [1.54, 1.807) is 7.11 Å². The topological polar surface area (TPSA) is 26.3 Å². The number of fused-ring (bicyclic) bond motifs is 1. The molecule has 3 heteroatoms. The second-order valence-corrected chi connectivity index (χ2v) is 4.21. The van der Waals surface area contributed by atoms with Crippen LogP contribution in [0.25, 0.3) is 10.1 Å². The van der Waals surface area contributed by atoms with Crippen LogP contribution in [0, 0.1) is 6.92 Å². The largest absolute Gasteiger partial charge is 0.497 e. The maximum Gasteiger partial charge on any atom is 0.160 e. The van der Waals surface area contributed by atoms with Gasteiger partial charge in [0.15, 0.2) is 6.29 Å². The molecule has 0 bridgehead atoms. The van der Waals surface area contributed by atoms with E-state index in [4.69, 9.17) is 4.74 Å². The molecule has 0 aliphatic rings. The minimum Gasteiger partial charge on any atom is -0.497 e. The zero-order valence-corrected chi connectivity index (χ0v) is 8.85. The number of aryl methyl sites for hydroxylation is 1. The highest BCUT2D eigenvalue weighted by Gasteiger charge is 2.05. The van der Waals surface area contributed by atoms with Crippen molar-refractivity contribution in [3.05, 3.63) is 28.6 Å². The Labute approximate surface area is 86.1 Å². The number of methoxy groups -OCH3 is 1. The number of hydrogen-bond acceptors (Lipinski definition) is 3. The van der Waals surface area contributed by atoms with Gasteiger partial charge in [-0.2, -0.15) is 0 Å². The zero-order valence-electron chi connectivity index (χ0n) is 8.03. The first-order valence-corrected chi connectivity index (χ1v) is 5.09. The van der Waals surface area contributed by atoms with Crippen LogP contribution in [0.1, 0.15) is 15.2 Å². The standard InChI is InChI=1S/C11H10O2S/c1-7-3-9(13-2)4-8-5-10(6-12)14-11(7)8/h3-6H,1-2H3. The zero-order chi connectivity index (χ0) is 10.1. The van der Waals surface area contributed by atoms with E-state index in [1.807, 2.05) is 25.1 Å². The number of hydrogen-bond donors (Lipinski definition) is 0. The fourth-order valence-electron chi connectivity index (χ4n) is 1.49. The Morgan fingerprint density at radius 2 is 2.14 bits per heavy atom. The van der Waals surface area contributed by atoms with Crippen LogP contribution in [0.4, 0.5) is 0 Å². The van der Waals surface area contributed by atoms with Crippen LogP contribution in [0.2, 0.25) is 0 Å². The minimum absolute atomic E-state index is 0.761. The predicted molar refractivity (Wildman–Crippen MR) is 58.5 cm³/mol. The maximum atomic E-state index is 10.6. The van der Waals surface area contributed by atoms with E-state index < -0.39 is 0 Å². The van der Waals surface area contributed by atoms with E-state index in [0.29, 0.717) is 0 Å². The van der Waals surface area contributed by atoms with Crippen molar-refractivity contribution in [1.82, 2.24) is 0 Å². The SMILES string of the molecule is COc1cc(C)c2sc(C=O)cc2c1. The normalized spacial score (nSPS) is 10.4. The third kappa shape index (κ3) is 1.40. The molecule has 2 rings (SSSR count). The lowest BCUT2D eigenvalue weighted by Crippen LogP contribution is -1.82. The quantitative estimate of drug-likeness (QED) is 0.706. The molecule has 0 radical (unpaired) electrons. The molecule has 0 aliphatic carbocycles. The van der Waals surface area contributed by atoms with E-state index in [0.717, 1.165) is 32.6 Å². The molecule has 2 aromatic rings. The Kier molecular flexibility index (Phi) is 2.25.